The largest absolute Gasteiger partial charge is 0.310 e. The highest BCUT2D eigenvalue weighted by atomic mass is 19.1. The van der Waals surface area contributed by atoms with E-state index in [1.165, 1.54) is 6.07 Å². The van der Waals surface area contributed by atoms with Crippen LogP contribution in [-0.2, 0) is 13.5 Å². The first-order chi connectivity index (χ1) is 9.10. The van der Waals surface area contributed by atoms with E-state index in [0.29, 0.717) is 18.5 Å². The topological polar surface area (TPSA) is 29.9 Å². The Labute approximate surface area is 111 Å². The molecule has 0 spiro atoms. The molecule has 102 valence electrons. The van der Waals surface area contributed by atoms with E-state index in [1.54, 1.807) is 10.9 Å². The third-order valence-corrected chi connectivity index (χ3v) is 2.98. The molecule has 5 heteroatoms. The Bertz CT molecular complexity index is 551. The molecule has 0 fully saturated rings. The minimum absolute atomic E-state index is 0.259. The summed E-state index contributed by atoms with van der Waals surface area (Å²) in [6.07, 6.45) is 4.19. The maximum atomic E-state index is 13.8. The summed E-state index contributed by atoms with van der Waals surface area (Å²) in [6, 6.07) is 3.29. The molecule has 1 aromatic heterocycles. The lowest BCUT2D eigenvalue weighted by atomic mass is 10.00. The Morgan fingerprint density at radius 3 is 2.79 bits per heavy atom. The molecule has 0 radical (unpaired) electrons. The van der Waals surface area contributed by atoms with E-state index in [-0.39, 0.29) is 6.04 Å². The molecule has 1 heterocycles. The second kappa shape index (κ2) is 5.93. The van der Waals surface area contributed by atoms with Crippen LogP contribution in [-0.4, -0.2) is 16.3 Å². The number of aryl methyl sites for hydroxylation is 1. The second-order valence-corrected chi connectivity index (χ2v) is 4.50. The van der Waals surface area contributed by atoms with Gasteiger partial charge in [0.1, 0.15) is 11.6 Å². The van der Waals surface area contributed by atoms with E-state index in [4.69, 9.17) is 0 Å². The third-order valence-electron chi connectivity index (χ3n) is 2.98. The smallest absolute Gasteiger partial charge is 0.128 e. The number of hydrogen-bond donors (Lipinski definition) is 1. The molecule has 0 aliphatic carbocycles. The van der Waals surface area contributed by atoms with Gasteiger partial charge in [-0.25, -0.2) is 8.78 Å². The molecule has 0 saturated heterocycles. The molecule has 19 heavy (non-hydrogen) atoms. The molecule has 2 aromatic rings. The standard InChI is InChI=1S/C14H17F2N3/c1-3-17-14(6-10-8-18-19(2)9-10)12-7-11(15)4-5-13(12)16/h4-5,7-9,14,17H,3,6H2,1-2H3. The molecular formula is C14H17F2N3. The highest BCUT2D eigenvalue weighted by Crippen LogP contribution is 2.22. The van der Waals surface area contributed by atoms with Gasteiger partial charge in [0.15, 0.2) is 0 Å². The lowest BCUT2D eigenvalue weighted by molar-refractivity contribution is 0.502. The normalized spacial score (nSPS) is 12.6. The summed E-state index contributed by atoms with van der Waals surface area (Å²) < 4.78 is 28.8. The highest BCUT2D eigenvalue weighted by molar-refractivity contribution is 5.24. The number of halogens is 2. The van der Waals surface area contributed by atoms with E-state index >= 15 is 0 Å². The third kappa shape index (κ3) is 3.38. The number of aromatic nitrogens is 2. The van der Waals surface area contributed by atoms with Gasteiger partial charge in [-0.1, -0.05) is 6.92 Å². The zero-order chi connectivity index (χ0) is 13.8. The molecule has 0 aliphatic rings. The Morgan fingerprint density at radius 2 is 2.16 bits per heavy atom. The number of likely N-dealkylation sites (N-methyl/N-ethyl adjacent to an activating group) is 1. The monoisotopic (exact) mass is 265 g/mol. The van der Waals surface area contributed by atoms with Crippen molar-refractivity contribution in [3.05, 3.63) is 53.4 Å². The van der Waals surface area contributed by atoms with Crippen LogP contribution >= 0.6 is 0 Å². The molecule has 3 nitrogen and oxygen atoms in total. The Kier molecular flexibility index (Phi) is 4.27. The van der Waals surface area contributed by atoms with Gasteiger partial charge in [0.05, 0.1) is 6.20 Å². The van der Waals surface area contributed by atoms with Crippen LogP contribution in [0.5, 0.6) is 0 Å². The summed E-state index contributed by atoms with van der Waals surface area (Å²) >= 11 is 0. The van der Waals surface area contributed by atoms with E-state index in [1.807, 2.05) is 20.2 Å². The lowest BCUT2D eigenvalue weighted by Gasteiger charge is -2.18. The minimum atomic E-state index is -0.425. The number of rotatable bonds is 5. The average Bonchev–Trinajstić information content (AvgIpc) is 2.77. The van der Waals surface area contributed by atoms with Gasteiger partial charge in [-0.05, 0) is 36.7 Å². The molecule has 0 bridgehead atoms. The number of hydrogen-bond acceptors (Lipinski definition) is 2. The molecule has 1 aromatic carbocycles. The van der Waals surface area contributed by atoms with Crippen molar-refractivity contribution in [3.8, 4) is 0 Å². The summed E-state index contributed by atoms with van der Waals surface area (Å²) in [5.41, 5.74) is 1.34. The fourth-order valence-corrected chi connectivity index (χ4v) is 2.13. The molecular weight excluding hydrogens is 248 g/mol. The van der Waals surface area contributed by atoms with Crippen LogP contribution in [0.4, 0.5) is 8.78 Å². The van der Waals surface area contributed by atoms with Crippen LogP contribution < -0.4 is 5.32 Å². The second-order valence-electron chi connectivity index (χ2n) is 4.50. The molecule has 2 rings (SSSR count). The molecule has 1 unspecified atom stereocenters. The average molecular weight is 265 g/mol. The first-order valence-corrected chi connectivity index (χ1v) is 6.26. The molecule has 1 N–H and O–H groups in total. The van der Waals surface area contributed by atoms with Gasteiger partial charge in [0, 0.05) is 24.8 Å². The predicted molar refractivity (Wildman–Crippen MR) is 69.7 cm³/mol. The number of nitrogens with zero attached hydrogens (tertiary/aromatic N) is 2. The predicted octanol–water partition coefficient (Wildman–Crippen LogP) is 2.59. The summed E-state index contributed by atoms with van der Waals surface area (Å²) in [5.74, 6) is -0.818. The van der Waals surface area contributed by atoms with Crippen molar-refractivity contribution >= 4 is 0 Å². The summed E-state index contributed by atoms with van der Waals surface area (Å²) in [4.78, 5) is 0. The zero-order valence-corrected chi connectivity index (χ0v) is 11.0. The quantitative estimate of drug-likeness (QED) is 0.900. The van der Waals surface area contributed by atoms with Gasteiger partial charge < -0.3 is 5.32 Å². The van der Waals surface area contributed by atoms with Crippen LogP contribution in [0.1, 0.15) is 24.1 Å². The van der Waals surface area contributed by atoms with E-state index < -0.39 is 11.6 Å². The number of benzene rings is 1. The van der Waals surface area contributed by atoms with Crippen LogP contribution in [0.3, 0.4) is 0 Å². The first-order valence-electron chi connectivity index (χ1n) is 6.26. The van der Waals surface area contributed by atoms with E-state index in [2.05, 4.69) is 10.4 Å². The Hall–Kier alpha value is -1.75. The first kappa shape index (κ1) is 13.7. The fourth-order valence-electron chi connectivity index (χ4n) is 2.13. The highest BCUT2D eigenvalue weighted by Gasteiger charge is 2.17. The van der Waals surface area contributed by atoms with E-state index in [0.717, 1.165) is 17.7 Å². The van der Waals surface area contributed by atoms with Gasteiger partial charge in [0.2, 0.25) is 0 Å². The van der Waals surface area contributed by atoms with Gasteiger partial charge in [0.25, 0.3) is 0 Å². The molecule has 0 amide bonds. The molecule has 0 aliphatic heterocycles. The number of nitrogens with one attached hydrogen (secondary N) is 1. The Balaban J connectivity index is 2.26. The maximum Gasteiger partial charge on any atom is 0.128 e. The van der Waals surface area contributed by atoms with Crippen molar-refractivity contribution in [2.45, 2.75) is 19.4 Å². The van der Waals surface area contributed by atoms with Crippen LogP contribution in [0.2, 0.25) is 0 Å². The summed E-state index contributed by atoms with van der Waals surface area (Å²) in [5, 5.41) is 7.27. The summed E-state index contributed by atoms with van der Waals surface area (Å²) in [6.45, 7) is 2.62. The van der Waals surface area contributed by atoms with Crippen LogP contribution in [0, 0.1) is 11.6 Å². The SMILES string of the molecule is CCNC(Cc1cnn(C)c1)c1cc(F)ccc1F. The van der Waals surface area contributed by atoms with Crippen molar-refractivity contribution in [1.29, 1.82) is 0 Å². The van der Waals surface area contributed by atoms with Gasteiger partial charge in [-0.2, -0.15) is 5.10 Å². The Morgan fingerprint density at radius 1 is 1.37 bits per heavy atom. The van der Waals surface area contributed by atoms with Crippen molar-refractivity contribution in [2.24, 2.45) is 7.05 Å². The summed E-state index contributed by atoms with van der Waals surface area (Å²) in [7, 11) is 1.83. The van der Waals surface area contributed by atoms with Crippen molar-refractivity contribution in [1.82, 2.24) is 15.1 Å². The van der Waals surface area contributed by atoms with E-state index in [9.17, 15) is 8.78 Å². The minimum Gasteiger partial charge on any atom is -0.310 e. The lowest BCUT2D eigenvalue weighted by Crippen LogP contribution is -2.24. The van der Waals surface area contributed by atoms with Crippen molar-refractivity contribution < 1.29 is 8.78 Å². The fraction of sp³-hybridized carbons (Fsp3) is 0.357. The molecule has 1 atom stereocenters. The van der Waals surface area contributed by atoms with Gasteiger partial charge >= 0.3 is 0 Å². The van der Waals surface area contributed by atoms with Crippen LogP contribution in [0.15, 0.2) is 30.6 Å². The van der Waals surface area contributed by atoms with Crippen molar-refractivity contribution in [3.63, 3.8) is 0 Å². The van der Waals surface area contributed by atoms with Gasteiger partial charge in [-0.15, -0.1) is 0 Å². The van der Waals surface area contributed by atoms with Crippen LogP contribution in [0.25, 0.3) is 0 Å². The maximum absolute atomic E-state index is 13.8. The zero-order valence-electron chi connectivity index (χ0n) is 11.0. The molecule has 0 saturated carbocycles. The van der Waals surface area contributed by atoms with Crippen molar-refractivity contribution in [2.75, 3.05) is 6.54 Å². The van der Waals surface area contributed by atoms with Gasteiger partial charge in [-0.3, -0.25) is 4.68 Å².